The topological polar surface area (TPSA) is 59.8 Å². The minimum Gasteiger partial charge on any atom is -0.322 e. The molecule has 5 nitrogen and oxygen atoms in total. The second-order valence-corrected chi connectivity index (χ2v) is 7.69. The van der Waals surface area contributed by atoms with Gasteiger partial charge in [0.15, 0.2) is 11.6 Å². The number of halogens is 3. The highest BCUT2D eigenvalue weighted by Crippen LogP contribution is 2.29. The molecule has 0 saturated heterocycles. The molecule has 0 saturated carbocycles. The molecule has 0 radical (unpaired) electrons. The Hall–Kier alpha value is -4.46. The van der Waals surface area contributed by atoms with Crippen molar-refractivity contribution in [3.8, 4) is 16.9 Å². The fourth-order valence-electron chi connectivity index (χ4n) is 3.78. The van der Waals surface area contributed by atoms with E-state index < -0.39 is 17.5 Å². The van der Waals surface area contributed by atoms with Gasteiger partial charge in [0.2, 0.25) is 0 Å². The summed E-state index contributed by atoms with van der Waals surface area (Å²) in [5.41, 5.74) is 3.68. The molecule has 5 aromatic rings. The molecular formula is C26H17F3N4O. The maximum Gasteiger partial charge on any atom is 0.256 e. The maximum absolute atomic E-state index is 13.6. The number of carbonyl (C=O) groups excluding carboxylic acids is 1. The quantitative estimate of drug-likeness (QED) is 0.356. The Morgan fingerprint density at radius 3 is 2.44 bits per heavy atom. The Balaban J connectivity index is 1.58. The van der Waals surface area contributed by atoms with E-state index in [4.69, 9.17) is 4.98 Å². The summed E-state index contributed by atoms with van der Waals surface area (Å²) < 4.78 is 41.9. The number of nitrogens with one attached hydrogen (secondary N) is 1. The number of hydrogen-bond donors (Lipinski definition) is 1. The lowest BCUT2D eigenvalue weighted by Crippen LogP contribution is -2.13. The largest absolute Gasteiger partial charge is 0.322 e. The highest BCUT2D eigenvalue weighted by atomic mass is 19.2. The average molecular weight is 458 g/mol. The smallest absolute Gasteiger partial charge is 0.256 e. The Kier molecular flexibility index (Phi) is 5.33. The van der Waals surface area contributed by atoms with Crippen LogP contribution in [-0.2, 0) is 0 Å². The number of benzene rings is 3. The molecule has 1 amide bonds. The number of pyridine rings is 1. The van der Waals surface area contributed by atoms with Crippen LogP contribution in [0.2, 0.25) is 0 Å². The summed E-state index contributed by atoms with van der Waals surface area (Å²) in [6.07, 6.45) is 1.63. The molecular weight excluding hydrogens is 441 g/mol. The molecule has 0 aliphatic heterocycles. The highest BCUT2D eigenvalue weighted by molar-refractivity contribution is 6.13. The van der Waals surface area contributed by atoms with E-state index in [0.29, 0.717) is 33.4 Å². The summed E-state index contributed by atoms with van der Waals surface area (Å²) in [5.74, 6) is -2.89. The van der Waals surface area contributed by atoms with Crippen molar-refractivity contribution in [1.29, 1.82) is 0 Å². The first kappa shape index (κ1) is 21.4. The predicted molar refractivity (Wildman–Crippen MR) is 123 cm³/mol. The zero-order valence-electron chi connectivity index (χ0n) is 17.9. The highest BCUT2D eigenvalue weighted by Gasteiger charge is 2.18. The second-order valence-electron chi connectivity index (χ2n) is 7.69. The first-order valence-electron chi connectivity index (χ1n) is 10.4. The average Bonchev–Trinajstić information content (AvgIpc) is 3.22. The molecule has 3 aromatic carbocycles. The Morgan fingerprint density at radius 2 is 1.68 bits per heavy atom. The molecule has 0 aliphatic carbocycles. The van der Waals surface area contributed by atoms with E-state index >= 15 is 0 Å². The van der Waals surface area contributed by atoms with E-state index in [0.717, 1.165) is 17.8 Å². The molecule has 168 valence electrons. The number of rotatable bonds is 4. The predicted octanol–water partition coefficient (Wildman–Crippen LogP) is 6.07. The lowest BCUT2D eigenvalue weighted by molar-refractivity contribution is 0.102. The zero-order valence-corrected chi connectivity index (χ0v) is 17.9. The first-order chi connectivity index (χ1) is 16.4. The number of amides is 1. The second kappa shape index (κ2) is 8.47. The van der Waals surface area contributed by atoms with E-state index in [1.54, 1.807) is 47.3 Å². The lowest BCUT2D eigenvalue weighted by atomic mass is 10.0. The van der Waals surface area contributed by atoms with E-state index in [-0.39, 0.29) is 11.5 Å². The van der Waals surface area contributed by atoms with Gasteiger partial charge in [0.25, 0.3) is 5.91 Å². The summed E-state index contributed by atoms with van der Waals surface area (Å²) in [6, 6.07) is 17.9. The third kappa shape index (κ3) is 3.90. The minimum atomic E-state index is -1.05. The molecule has 0 unspecified atom stereocenters. The number of anilines is 1. The fraction of sp³-hybridized carbons (Fsp3) is 0.0385. The molecule has 5 rings (SSSR count). The first-order valence-corrected chi connectivity index (χ1v) is 10.4. The number of hydrogen-bond acceptors (Lipinski definition) is 3. The van der Waals surface area contributed by atoms with Gasteiger partial charge >= 0.3 is 0 Å². The molecule has 2 heterocycles. The van der Waals surface area contributed by atoms with E-state index in [2.05, 4.69) is 10.4 Å². The van der Waals surface area contributed by atoms with Crippen molar-refractivity contribution in [3.63, 3.8) is 0 Å². The zero-order chi connectivity index (χ0) is 23.8. The summed E-state index contributed by atoms with van der Waals surface area (Å²) in [5, 5.41) is 7.63. The molecule has 0 spiro atoms. The van der Waals surface area contributed by atoms with Crippen molar-refractivity contribution < 1.29 is 18.0 Å². The maximum atomic E-state index is 13.6. The lowest BCUT2D eigenvalue weighted by Gasteiger charge is -2.11. The van der Waals surface area contributed by atoms with Crippen molar-refractivity contribution in [3.05, 3.63) is 108 Å². The van der Waals surface area contributed by atoms with Crippen LogP contribution in [0.15, 0.2) is 79.0 Å². The monoisotopic (exact) mass is 458 g/mol. The van der Waals surface area contributed by atoms with Crippen LogP contribution in [0.4, 0.5) is 18.9 Å². The summed E-state index contributed by atoms with van der Waals surface area (Å²) in [7, 11) is 0. The van der Waals surface area contributed by atoms with Gasteiger partial charge < -0.3 is 5.32 Å². The Bertz CT molecular complexity index is 1540. The molecule has 1 N–H and O–H groups in total. The van der Waals surface area contributed by atoms with Gasteiger partial charge in [-0.3, -0.25) is 4.79 Å². The van der Waals surface area contributed by atoms with Crippen molar-refractivity contribution in [2.24, 2.45) is 0 Å². The van der Waals surface area contributed by atoms with E-state index in [9.17, 15) is 18.0 Å². The van der Waals surface area contributed by atoms with Gasteiger partial charge in [0, 0.05) is 22.7 Å². The van der Waals surface area contributed by atoms with Crippen LogP contribution >= 0.6 is 0 Å². The van der Waals surface area contributed by atoms with Crippen LogP contribution in [0.5, 0.6) is 0 Å². The molecule has 0 aliphatic rings. The number of aromatic nitrogens is 3. The van der Waals surface area contributed by atoms with Gasteiger partial charge in [0.1, 0.15) is 5.82 Å². The van der Waals surface area contributed by atoms with Gasteiger partial charge in [-0.2, -0.15) is 5.10 Å². The summed E-state index contributed by atoms with van der Waals surface area (Å²) in [6.45, 7) is 1.85. The van der Waals surface area contributed by atoms with Crippen LogP contribution in [0.25, 0.3) is 27.8 Å². The summed E-state index contributed by atoms with van der Waals surface area (Å²) >= 11 is 0. The standard InChI is InChI=1S/C26H17F3N4O/c1-15-21(14-30-33(15)18-9-6-16(27)7-10-18)25-13-20(19-4-2-3-5-24(19)32-25)26(34)31-17-8-11-22(28)23(29)12-17/h2-14H,1H3,(H,31,34). The van der Waals surface area contributed by atoms with Crippen LogP contribution in [0.3, 0.4) is 0 Å². The van der Waals surface area contributed by atoms with Crippen molar-refractivity contribution in [1.82, 2.24) is 14.8 Å². The van der Waals surface area contributed by atoms with Crippen LogP contribution in [-0.4, -0.2) is 20.7 Å². The van der Waals surface area contributed by atoms with Crippen molar-refractivity contribution >= 4 is 22.5 Å². The fourth-order valence-corrected chi connectivity index (χ4v) is 3.78. The van der Waals surface area contributed by atoms with E-state index in [1.165, 1.54) is 18.2 Å². The Morgan fingerprint density at radius 1 is 0.912 bits per heavy atom. The van der Waals surface area contributed by atoms with Crippen LogP contribution in [0.1, 0.15) is 16.1 Å². The third-order valence-corrected chi connectivity index (χ3v) is 5.50. The van der Waals surface area contributed by atoms with Gasteiger partial charge in [-0.15, -0.1) is 0 Å². The van der Waals surface area contributed by atoms with Crippen molar-refractivity contribution in [2.45, 2.75) is 6.92 Å². The van der Waals surface area contributed by atoms with Gasteiger partial charge in [0.05, 0.1) is 34.4 Å². The van der Waals surface area contributed by atoms with Crippen LogP contribution in [0, 0.1) is 24.4 Å². The number of fused-ring (bicyclic) bond motifs is 1. The Labute approximate surface area is 192 Å². The molecule has 8 heteroatoms. The molecule has 34 heavy (non-hydrogen) atoms. The number of nitrogens with zero attached hydrogens (tertiary/aromatic N) is 3. The van der Waals surface area contributed by atoms with Gasteiger partial charge in [-0.05, 0) is 55.5 Å². The van der Waals surface area contributed by atoms with E-state index in [1.807, 2.05) is 13.0 Å². The number of para-hydroxylation sites is 1. The molecule has 0 fully saturated rings. The normalized spacial score (nSPS) is 11.1. The third-order valence-electron chi connectivity index (χ3n) is 5.50. The number of carbonyl (C=O) groups is 1. The molecule has 2 aromatic heterocycles. The minimum absolute atomic E-state index is 0.131. The van der Waals surface area contributed by atoms with Gasteiger partial charge in [-0.1, -0.05) is 18.2 Å². The molecule has 0 bridgehead atoms. The van der Waals surface area contributed by atoms with Crippen LogP contribution < -0.4 is 5.32 Å². The van der Waals surface area contributed by atoms with Crippen molar-refractivity contribution in [2.75, 3.05) is 5.32 Å². The molecule has 0 atom stereocenters. The summed E-state index contributed by atoms with van der Waals surface area (Å²) in [4.78, 5) is 17.8. The SMILES string of the molecule is Cc1c(-c2cc(C(=O)Nc3ccc(F)c(F)c3)c3ccccc3n2)cnn1-c1ccc(F)cc1. The van der Waals surface area contributed by atoms with Gasteiger partial charge in [-0.25, -0.2) is 22.8 Å².